The van der Waals surface area contributed by atoms with Gasteiger partial charge in [-0.3, -0.25) is 14.5 Å². The Labute approximate surface area is 296 Å². The Hall–Kier alpha value is -4.30. The third-order valence-corrected chi connectivity index (χ3v) is 16.2. The fourth-order valence-corrected chi connectivity index (χ4v) is 13.4. The number of rotatable bonds is 9. The third-order valence-electron chi connectivity index (χ3n) is 11.2. The average molecular weight is 686 g/mol. The van der Waals surface area contributed by atoms with E-state index in [4.69, 9.17) is 9.16 Å². The van der Waals surface area contributed by atoms with E-state index >= 15 is 0 Å². The van der Waals surface area contributed by atoms with Gasteiger partial charge in [-0.05, 0) is 69.8 Å². The van der Waals surface area contributed by atoms with Crippen LogP contribution in [-0.2, 0) is 18.8 Å². The van der Waals surface area contributed by atoms with Gasteiger partial charge < -0.3 is 14.3 Å². The molecule has 2 aliphatic heterocycles. The van der Waals surface area contributed by atoms with Gasteiger partial charge in [0.2, 0.25) is 11.8 Å². The Kier molecular flexibility index (Phi) is 9.18. The number of carbonyl (C=O) groups is 2. The molecular formula is C43H47NO5Si. The minimum absolute atomic E-state index is 0.0889. The van der Waals surface area contributed by atoms with E-state index in [9.17, 15) is 14.7 Å². The first-order valence-electron chi connectivity index (χ1n) is 17.8. The van der Waals surface area contributed by atoms with Crippen LogP contribution in [0, 0.1) is 17.8 Å². The number of likely N-dealkylation sites (tertiary alicyclic amines) is 1. The molecule has 2 fully saturated rings. The lowest BCUT2D eigenvalue weighted by molar-refractivity contribution is -0.138. The third kappa shape index (κ3) is 5.85. The maximum Gasteiger partial charge on any atom is 0.261 e. The molecule has 50 heavy (non-hydrogen) atoms. The number of phenolic OH excluding ortho intramolecular Hbond substituents is 1. The first-order valence-corrected chi connectivity index (χ1v) is 19.7. The molecule has 2 saturated heterocycles. The van der Waals surface area contributed by atoms with E-state index in [1.54, 1.807) is 13.1 Å². The van der Waals surface area contributed by atoms with Crippen LogP contribution in [0.15, 0.2) is 114 Å². The smallest absolute Gasteiger partial charge is 0.261 e. The summed E-state index contributed by atoms with van der Waals surface area (Å²) in [6, 6.07) is 32.9. The zero-order valence-electron chi connectivity index (χ0n) is 29.7. The van der Waals surface area contributed by atoms with Crippen LogP contribution in [0.4, 0.5) is 0 Å². The van der Waals surface area contributed by atoms with Crippen LogP contribution in [-0.4, -0.2) is 56.5 Å². The number of benzene rings is 4. The number of phenols is 1. The molecule has 7 rings (SSSR count). The molecule has 4 aromatic rings. The van der Waals surface area contributed by atoms with Crippen molar-refractivity contribution in [3.8, 4) is 5.75 Å². The molecule has 0 spiro atoms. The molecule has 4 aromatic carbocycles. The van der Waals surface area contributed by atoms with Crippen LogP contribution in [0.5, 0.6) is 5.75 Å². The maximum atomic E-state index is 13.5. The molecule has 0 unspecified atom stereocenters. The minimum Gasteiger partial charge on any atom is -0.507 e. The molecule has 0 radical (unpaired) electrons. The largest absolute Gasteiger partial charge is 0.507 e. The minimum atomic E-state index is -2.85. The maximum absolute atomic E-state index is 13.5. The molecule has 2 heterocycles. The second-order valence-corrected chi connectivity index (χ2v) is 19.6. The van der Waals surface area contributed by atoms with Crippen LogP contribution in [0.2, 0.25) is 5.04 Å². The number of carbonyl (C=O) groups excluding carboxylic acids is 2. The first-order chi connectivity index (χ1) is 24.0. The van der Waals surface area contributed by atoms with E-state index in [1.165, 1.54) is 26.4 Å². The van der Waals surface area contributed by atoms with Crippen molar-refractivity contribution < 1.29 is 23.9 Å². The van der Waals surface area contributed by atoms with Gasteiger partial charge in [0, 0.05) is 18.4 Å². The molecular weight excluding hydrogens is 639 g/mol. The van der Waals surface area contributed by atoms with Crippen molar-refractivity contribution in [3.63, 3.8) is 0 Å². The Bertz CT molecular complexity index is 1940. The zero-order valence-corrected chi connectivity index (χ0v) is 30.7. The van der Waals surface area contributed by atoms with E-state index in [1.807, 2.05) is 42.5 Å². The van der Waals surface area contributed by atoms with Crippen LogP contribution in [0.25, 0.3) is 16.8 Å². The van der Waals surface area contributed by atoms with Crippen molar-refractivity contribution in [2.24, 2.45) is 17.8 Å². The SMILES string of the molecule is C/C(=C\c1ccc(O)c2ccccc12)CC[C@H]1OC[C@H]2C1=C(CO[Si](c1ccccc1)(c1ccccc1)C(C)(C)C)C[C@H]1C(=O)N(C)C(=O)[C@H]12. The summed E-state index contributed by atoms with van der Waals surface area (Å²) in [5.41, 5.74) is 4.57. The van der Waals surface area contributed by atoms with Gasteiger partial charge in [-0.15, -0.1) is 0 Å². The van der Waals surface area contributed by atoms with Gasteiger partial charge in [0.15, 0.2) is 0 Å². The van der Waals surface area contributed by atoms with Gasteiger partial charge >= 0.3 is 0 Å². The molecule has 0 aromatic heterocycles. The molecule has 6 nitrogen and oxygen atoms in total. The molecule has 7 heteroatoms. The normalized spacial score (nSPS) is 22.7. The van der Waals surface area contributed by atoms with Gasteiger partial charge in [-0.2, -0.15) is 0 Å². The summed E-state index contributed by atoms with van der Waals surface area (Å²) < 4.78 is 14.0. The number of amides is 2. The second kappa shape index (κ2) is 13.4. The Morgan fingerprint density at radius 2 is 1.50 bits per heavy atom. The highest BCUT2D eigenvalue weighted by Gasteiger charge is 2.57. The summed E-state index contributed by atoms with van der Waals surface area (Å²) in [4.78, 5) is 28.3. The Morgan fingerprint density at radius 1 is 0.880 bits per heavy atom. The predicted octanol–water partition coefficient (Wildman–Crippen LogP) is 7.25. The number of ether oxygens (including phenoxy) is 1. The number of allylic oxidation sites excluding steroid dienone is 1. The fraction of sp³-hybridized carbons (Fsp3) is 0.349. The van der Waals surface area contributed by atoms with Crippen molar-refractivity contribution in [3.05, 3.63) is 119 Å². The number of nitrogens with zero attached hydrogens (tertiary/aromatic N) is 1. The first kappa shape index (κ1) is 34.2. The van der Waals surface area contributed by atoms with Crippen molar-refractivity contribution in [1.82, 2.24) is 4.90 Å². The number of fused-ring (bicyclic) bond motifs is 4. The lowest BCUT2D eigenvalue weighted by Crippen LogP contribution is -2.66. The highest BCUT2D eigenvalue weighted by molar-refractivity contribution is 6.99. The summed E-state index contributed by atoms with van der Waals surface area (Å²) in [5, 5.41) is 14.5. The van der Waals surface area contributed by atoms with Crippen molar-refractivity contribution >= 4 is 47.4 Å². The van der Waals surface area contributed by atoms with Crippen molar-refractivity contribution in [2.45, 2.75) is 58.1 Å². The molecule has 0 saturated carbocycles. The van der Waals surface area contributed by atoms with E-state index in [0.29, 0.717) is 19.6 Å². The van der Waals surface area contributed by atoms with Gasteiger partial charge in [-0.1, -0.05) is 123 Å². The topological polar surface area (TPSA) is 76.1 Å². The van der Waals surface area contributed by atoms with E-state index in [2.05, 4.69) is 82.3 Å². The molecule has 2 amide bonds. The van der Waals surface area contributed by atoms with E-state index in [-0.39, 0.29) is 46.5 Å². The molecule has 4 atom stereocenters. The molecule has 3 aliphatic rings. The van der Waals surface area contributed by atoms with Crippen molar-refractivity contribution in [2.75, 3.05) is 20.3 Å². The summed E-state index contributed by atoms with van der Waals surface area (Å²) in [7, 11) is -1.23. The summed E-state index contributed by atoms with van der Waals surface area (Å²) in [6.45, 7) is 9.79. The van der Waals surface area contributed by atoms with Crippen LogP contribution >= 0.6 is 0 Å². The number of imide groups is 1. The number of hydrogen-bond donors (Lipinski definition) is 1. The number of aromatic hydroxyl groups is 1. The number of hydrogen-bond acceptors (Lipinski definition) is 5. The Morgan fingerprint density at radius 3 is 2.14 bits per heavy atom. The molecule has 0 bridgehead atoms. The lowest BCUT2D eigenvalue weighted by Gasteiger charge is -2.44. The van der Waals surface area contributed by atoms with Gasteiger partial charge in [0.05, 0.1) is 31.2 Å². The van der Waals surface area contributed by atoms with Crippen LogP contribution in [0.1, 0.15) is 52.5 Å². The molecule has 1 aliphatic carbocycles. The highest BCUT2D eigenvalue weighted by Crippen LogP contribution is 2.50. The summed E-state index contributed by atoms with van der Waals surface area (Å²) in [5.74, 6) is -0.806. The predicted molar refractivity (Wildman–Crippen MR) is 202 cm³/mol. The van der Waals surface area contributed by atoms with Gasteiger partial charge in [-0.25, -0.2) is 0 Å². The summed E-state index contributed by atoms with van der Waals surface area (Å²) in [6.07, 6.45) is 4.12. The Balaban J connectivity index is 1.24. The molecule has 1 N–H and O–H groups in total. The van der Waals surface area contributed by atoms with Crippen LogP contribution in [0.3, 0.4) is 0 Å². The fourth-order valence-electron chi connectivity index (χ4n) is 8.85. The van der Waals surface area contributed by atoms with Crippen LogP contribution < -0.4 is 10.4 Å². The zero-order chi connectivity index (χ0) is 35.2. The highest BCUT2D eigenvalue weighted by atomic mass is 28.4. The standard InChI is InChI=1S/C43H47NO5Si/c1-28(24-29-21-22-37(45)34-19-13-12-18-33(29)34)20-23-38-39-30(25-35-40(36(39)27-48-38)42(47)44(5)41(35)46)26-49-50(43(2,3)4,31-14-8-6-9-15-31)32-16-10-7-11-17-32/h6-19,21-22,24,35-36,38,40,45H,20,23,25-27H2,1-5H3/b28-24+/t35-,36+,38-,40-/m1/s1. The quantitative estimate of drug-likeness (QED) is 0.114. The molecule has 258 valence electrons. The van der Waals surface area contributed by atoms with E-state index < -0.39 is 8.32 Å². The summed E-state index contributed by atoms with van der Waals surface area (Å²) >= 11 is 0. The second-order valence-electron chi connectivity index (χ2n) is 15.3. The van der Waals surface area contributed by atoms with Crippen molar-refractivity contribution in [1.29, 1.82) is 0 Å². The van der Waals surface area contributed by atoms with E-state index in [0.717, 1.165) is 34.8 Å². The monoisotopic (exact) mass is 685 g/mol. The van der Waals surface area contributed by atoms with Gasteiger partial charge in [0.1, 0.15) is 5.75 Å². The lowest BCUT2D eigenvalue weighted by atomic mass is 9.69. The van der Waals surface area contributed by atoms with Gasteiger partial charge in [0.25, 0.3) is 8.32 Å². The average Bonchev–Trinajstić information content (AvgIpc) is 3.64.